The van der Waals surface area contributed by atoms with Crippen LogP contribution in [0.3, 0.4) is 0 Å². The molecule has 2 saturated carbocycles. The lowest BCUT2D eigenvalue weighted by Crippen LogP contribution is -2.57. The summed E-state index contributed by atoms with van der Waals surface area (Å²) in [6, 6.07) is 2.85. The van der Waals surface area contributed by atoms with Crippen molar-refractivity contribution in [3.63, 3.8) is 0 Å². The quantitative estimate of drug-likeness (QED) is 0.166. The molecule has 3 fully saturated rings. The van der Waals surface area contributed by atoms with Crippen molar-refractivity contribution in [3.8, 4) is 11.6 Å². The lowest BCUT2D eigenvalue weighted by atomic mass is 10.0. The number of amidine groups is 1. The van der Waals surface area contributed by atoms with Crippen LogP contribution >= 0.6 is 11.6 Å². The van der Waals surface area contributed by atoms with E-state index in [4.69, 9.17) is 31.5 Å². The molecule has 50 heavy (non-hydrogen) atoms. The van der Waals surface area contributed by atoms with Crippen LogP contribution < -0.4 is 25.2 Å². The van der Waals surface area contributed by atoms with E-state index < -0.39 is 68.2 Å². The van der Waals surface area contributed by atoms with E-state index in [0.29, 0.717) is 34.4 Å². The summed E-state index contributed by atoms with van der Waals surface area (Å²) in [7, 11) is -2.37. The largest absolute Gasteiger partial charge is 0.494 e. The minimum atomic E-state index is -3.89. The summed E-state index contributed by atoms with van der Waals surface area (Å²) in [6.45, 7) is 12.7. The van der Waals surface area contributed by atoms with Crippen molar-refractivity contribution in [1.29, 1.82) is 0 Å². The Hall–Kier alpha value is -4.11. The van der Waals surface area contributed by atoms with Gasteiger partial charge in [-0.05, 0) is 64.2 Å². The molecule has 14 nitrogen and oxygen atoms in total. The number of carbonyl (C=O) groups is 3. The number of hydrogen-bond acceptors (Lipinski definition) is 10. The van der Waals surface area contributed by atoms with Crippen LogP contribution in [0, 0.1) is 11.8 Å². The normalized spacial score (nSPS) is 24.4. The molecule has 0 radical (unpaired) electrons. The van der Waals surface area contributed by atoms with Gasteiger partial charge in [-0.3, -0.25) is 19.1 Å². The number of nitrogens with zero attached hydrogens (tertiary/aromatic N) is 3. The maximum atomic E-state index is 14.3. The maximum absolute atomic E-state index is 14.3. The number of methoxy groups -OCH3 is 1. The molecule has 5 unspecified atom stereocenters. The van der Waals surface area contributed by atoms with Crippen LogP contribution in [0.1, 0.15) is 60.3 Å². The van der Waals surface area contributed by atoms with Crippen LogP contribution in [0.15, 0.2) is 42.0 Å². The van der Waals surface area contributed by atoms with Crippen molar-refractivity contribution >= 4 is 56.1 Å². The monoisotopic (exact) mass is 732 g/mol. The zero-order chi connectivity index (χ0) is 36.8. The molecule has 3 amide bonds. The fourth-order valence-corrected chi connectivity index (χ4v) is 7.65. The number of nitrogens with two attached hydrogens (primary N) is 1. The van der Waals surface area contributed by atoms with Gasteiger partial charge in [-0.2, -0.15) is 0 Å². The van der Waals surface area contributed by atoms with Crippen LogP contribution in [0.25, 0.3) is 10.8 Å². The van der Waals surface area contributed by atoms with E-state index in [0.717, 1.165) is 0 Å². The van der Waals surface area contributed by atoms with Crippen molar-refractivity contribution in [2.45, 2.75) is 94.9 Å². The van der Waals surface area contributed by atoms with Gasteiger partial charge in [0, 0.05) is 28.1 Å². The second-order valence-electron chi connectivity index (χ2n) is 14.4. The third kappa shape index (κ3) is 7.93. The van der Waals surface area contributed by atoms with E-state index in [-0.39, 0.29) is 37.2 Å². The number of aliphatic imine (C=N–C) groups is 1. The zero-order valence-electron chi connectivity index (χ0n) is 29.1. The number of amides is 3. The molecule has 4 N–H and O–H groups in total. The molecule has 2 heterocycles. The average molecular weight is 733 g/mol. The van der Waals surface area contributed by atoms with E-state index in [1.54, 1.807) is 52.8 Å². The molecular formula is C34H45ClN6O8S. The minimum absolute atomic E-state index is 0.0205. The Kier molecular flexibility index (Phi) is 10.3. The Morgan fingerprint density at radius 2 is 1.92 bits per heavy atom. The van der Waals surface area contributed by atoms with Crippen LogP contribution in [-0.2, 0) is 29.1 Å². The molecule has 272 valence electrons. The smallest absolute Gasteiger partial charge is 0.283 e. The number of hydrogen-bond donors (Lipinski definition) is 3. The topological polar surface area (TPSA) is 192 Å². The van der Waals surface area contributed by atoms with Crippen LogP contribution in [-0.4, -0.2) is 90.3 Å². The number of benzene rings is 1. The summed E-state index contributed by atoms with van der Waals surface area (Å²) in [5, 5.41) is 3.86. The lowest BCUT2D eigenvalue weighted by Gasteiger charge is -2.30. The van der Waals surface area contributed by atoms with E-state index in [9.17, 15) is 22.8 Å². The first-order chi connectivity index (χ1) is 23.4. The highest BCUT2D eigenvalue weighted by Crippen LogP contribution is 2.45. The number of nitrogens with one attached hydrogen (secondary N) is 2. The second-order valence-corrected chi connectivity index (χ2v) is 16.8. The Labute approximate surface area is 297 Å². The number of carbonyl (C=O) groups excluding carboxylic acids is 3. The summed E-state index contributed by atoms with van der Waals surface area (Å²) < 4.78 is 45.0. The van der Waals surface area contributed by atoms with Gasteiger partial charge < -0.3 is 30.2 Å². The molecule has 16 heteroatoms. The molecular weight excluding hydrogens is 688 g/mol. The zero-order valence-corrected chi connectivity index (χ0v) is 30.6. The lowest BCUT2D eigenvalue weighted by molar-refractivity contribution is -0.141. The Morgan fingerprint density at radius 1 is 1.22 bits per heavy atom. The van der Waals surface area contributed by atoms with Crippen molar-refractivity contribution in [3.05, 3.63) is 42.1 Å². The summed E-state index contributed by atoms with van der Waals surface area (Å²) in [4.78, 5) is 52.1. The van der Waals surface area contributed by atoms with Gasteiger partial charge in [0.05, 0.1) is 25.1 Å². The Balaban J connectivity index is 1.46. The van der Waals surface area contributed by atoms with Gasteiger partial charge in [0.15, 0.2) is 0 Å². The molecule has 1 aromatic carbocycles. The highest BCUT2D eigenvalue weighted by atomic mass is 35.5. The molecule has 0 bridgehead atoms. The molecule has 2 aromatic rings. The third-order valence-corrected chi connectivity index (χ3v) is 11.0. The van der Waals surface area contributed by atoms with Gasteiger partial charge >= 0.3 is 0 Å². The van der Waals surface area contributed by atoms with Gasteiger partial charge in [-0.15, -0.1) is 6.58 Å². The highest BCUT2D eigenvalue weighted by Gasteiger charge is 2.62. The predicted molar refractivity (Wildman–Crippen MR) is 188 cm³/mol. The molecule has 0 spiro atoms. The summed E-state index contributed by atoms with van der Waals surface area (Å²) in [6.07, 6.45) is 3.37. The van der Waals surface area contributed by atoms with Crippen molar-refractivity contribution < 1.29 is 37.0 Å². The molecule has 1 aliphatic heterocycles. The summed E-state index contributed by atoms with van der Waals surface area (Å²) >= 11 is 6.32. The molecule has 5 rings (SSSR count). The van der Waals surface area contributed by atoms with Crippen LogP contribution in [0.5, 0.6) is 11.6 Å². The van der Waals surface area contributed by atoms with Crippen LogP contribution in [0.4, 0.5) is 0 Å². The van der Waals surface area contributed by atoms with Gasteiger partial charge in [-0.25, -0.2) is 18.4 Å². The van der Waals surface area contributed by atoms with Crippen molar-refractivity contribution in [2.75, 3.05) is 13.7 Å². The minimum Gasteiger partial charge on any atom is -0.494 e. The second kappa shape index (κ2) is 13.9. The number of rotatable bonds is 12. The number of halogens is 1. The van der Waals surface area contributed by atoms with E-state index >= 15 is 0 Å². The molecule has 1 saturated heterocycles. The van der Waals surface area contributed by atoms with Gasteiger partial charge in [0.25, 0.3) is 11.9 Å². The predicted octanol–water partition coefficient (Wildman–Crippen LogP) is 3.07. The van der Waals surface area contributed by atoms with E-state index in [1.807, 2.05) is 0 Å². The summed E-state index contributed by atoms with van der Waals surface area (Å²) in [5.74, 6) is -2.14. The first kappa shape index (κ1) is 37.2. The van der Waals surface area contributed by atoms with E-state index in [2.05, 4.69) is 26.6 Å². The number of sulfonamides is 1. The van der Waals surface area contributed by atoms with E-state index in [1.165, 1.54) is 24.3 Å². The van der Waals surface area contributed by atoms with Crippen molar-refractivity contribution in [1.82, 2.24) is 19.9 Å². The first-order valence-electron chi connectivity index (χ1n) is 16.5. The Morgan fingerprint density at radius 3 is 2.50 bits per heavy atom. The standard InChI is InChI=1S/C34H45ClN6O8S/c1-8-19-15-34(19,31(44)40-50(45,46)22-10-11-22)39-28(42)25-14-21(48-29-24-13-20(35)9-12-23(24)26(47-7)16-37-29)17-41(25)30(43)27(18(2)3)38-32(36)49-33(4,5)6/h8-9,12-13,16,18-19,21-22,25,27H,1,10-11,14-15,17H2,2-7H3,(H2,36,38)(H,39,42)(H,40,44). The number of pyridine rings is 1. The molecule has 1 aromatic heterocycles. The fourth-order valence-electron chi connectivity index (χ4n) is 6.11. The van der Waals surface area contributed by atoms with Gasteiger partial charge in [-0.1, -0.05) is 31.5 Å². The SMILES string of the molecule is C=CC1CC1(NC(=O)C1CC(Oc2ncc(OC)c3ccc(Cl)cc23)CN1C(=O)C(N=C(N)OC(C)(C)C)C(C)C)C(=O)NS(=O)(=O)C1CC1. The fraction of sp³-hybridized carbons (Fsp3) is 0.559. The molecule has 2 aliphatic carbocycles. The average Bonchev–Trinajstić information content (AvgIpc) is 3.95. The molecule has 5 atom stereocenters. The number of likely N-dealkylation sites (tertiary alicyclic amines) is 1. The first-order valence-corrected chi connectivity index (χ1v) is 18.4. The van der Waals surface area contributed by atoms with Gasteiger partial charge in [0.1, 0.15) is 35.1 Å². The maximum Gasteiger partial charge on any atom is 0.283 e. The van der Waals surface area contributed by atoms with Crippen LogP contribution in [0.2, 0.25) is 5.02 Å². The van der Waals surface area contributed by atoms with Gasteiger partial charge in [0.2, 0.25) is 27.7 Å². The molecule has 3 aliphatic rings. The summed E-state index contributed by atoms with van der Waals surface area (Å²) in [5.41, 5.74) is 3.89. The number of fused-ring (bicyclic) bond motifs is 1. The highest BCUT2D eigenvalue weighted by molar-refractivity contribution is 7.91. The Bertz CT molecular complexity index is 1830. The third-order valence-electron chi connectivity index (χ3n) is 8.93. The van der Waals surface area contributed by atoms with Crippen molar-refractivity contribution in [2.24, 2.45) is 22.6 Å². The number of aromatic nitrogens is 1. The number of ether oxygens (including phenoxy) is 3.